The van der Waals surface area contributed by atoms with Gasteiger partial charge in [0.25, 0.3) is 5.91 Å². The number of nitrogens with one attached hydrogen (secondary N) is 4. The van der Waals surface area contributed by atoms with Crippen LogP contribution in [0.25, 0.3) is 0 Å². The first kappa shape index (κ1) is 45.8. The summed E-state index contributed by atoms with van der Waals surface area (Å²) in [7, 11) is 0. The molecule has 4 fully saturated rings. The fourth-order valence-electron chi connectivity index (χ4n) is 9.74. The van der Waals surface area contributed by atoms with Gasteiger partial charge in [0, 0.05) is 43.4 Å². The van der Waals surface area contributed by atoms with Crippen molar-refractivity contribution in [3.05, 3.63) is 48.0 Å². The monoisotopic (exact) mass is 845 g/mol. The molecule has 0 bridgehead atoms. The highest BCUT2D eigenvalue weighted by atomic mass is 16.6. The van der Waals surface area contributed by atoms with Crippen LogP contribution in [-0.2, 0) is 41.7 Å². The summed E-state index contributed by atoms with van der Waals surface area (Å²) in [6, 6.07) is 4.06. The summed E-state index contributed by atoms with van der Waals surface area (Å²) in [6.07, 6.45) is 11.0. The highest BCUT2D eigenvalue weighted by molar-refractivity contribution is 6.38. The van der Waals surface area contributed by atoms with Gasteiger partial charge in [0.15, 0.2) is 0 Å². The highest BCUT2D eigenvalue weighted by Crippen LogP contribution is 2.41. The second kappa shape index (κ2) is 19.5. The number of urea groups is 1. The summed E-state index contributed by atoms with van der Waals surface area (Å²) < 4.78 is 6.09. The predicted molar refractivity (Wildman–Crippen MR) is 230 cm³/mol. The lowest BCUT2D eigenvalue weighted by atomic mass is 9.70. The molecule has 2 aliphatic heterocycles. The molecule has 4 atom stereocenters. The van der Waals surface area contributed by atoms with Gasteiger partial charge in [-0.25, -0.2) is 9.59 Å². The molecule has 1 saturated heterocycles. The van der Waals surface area contributed by atoms with Crippen LogP contribution in [0.4, 0.5) is 9.59 Å². The normalized spacial score (nSPS) is 23.0. The average molecular weight is 845 g/mol. The third-order valence-electron chi connectivity index (χ3n) is 13.8. The summed E-state index contributed by atoms with van der Waals surface area (Å²) >= 11 is 0. The standard InChI is InChI=1S/C47H68N6O8/c1-6-24-48-41(57)38(55)35(26-31-17-18-31)49-40(56)36-27-34(61-44(60)52-25-19-32-15-9-10-16-33(32)29-52)30-53(36)42(58)39(46(5)20-11-7-12-21-46)50-43(59)51-47(22-13-8-14-23-47)28-37(54)45(2,3)4/h6,9-10,15-16,31,34-36,39H,1,7-8,11-14,17-30H2,2-5H3,(H,48,57)(H,49,56)(H2,50,51,59)/t34-,35?,36+,39-/m1/s1. The fourth-order valence-corrected chi connectivity index (χ4v) is 9.74. The van der Waals surface area contributed by atoms with Crippen LogP contribution in [0, 0.1) is 16.7 Å². The van der Waals surface area contributed by atoms with Gasteiger partial charge in [-0.1, -0.05) is 109 Å². The topological polar surface area (TPSA) is 183 Å². The number of nitrogens with zero attached hydrogens (tertiary/aromatic N) is 2. The zero-order chi connectivity index (χ0) is 44.0. The molecule has 334 valence electrons. The van der Waals surface area contributed by atoms with Crippen molar-refractivity contribution in [1.29, 1.82) is 0 Å². The van der Waals surface area contributed by atoms with Gasteiger partial charge in [-0.2, -0.15) is 0 Å². The van der Waals surface area contributed by atoms with E-state index in [1.54, 1.807) is 4.90 Å². The summed E-state index contributed by atoms with van der Waals surface area (Å²) in [5.41, 5.74) is 0.194. The Morgan fingerprint density at radius 1 is 0.918 bits per heavy atom. The number of carbonyl (C=O) groups excluding carboxylic acids is 7. The summed E-state index contributed by atoms with van der Waals surface area (Å²) in [5, 5.41) is 11.6. The molecular weight excluding hydrogens is 777 g/mol. The Morgan fingerprint density at radius 3 is 2.21 bits per heavy atom. The van der Waals surface area contributed by atoms with Crippen LogP contribution in [0.5, 0.6) is 0 Å². The van der Waals surface area contributed by atoms with Gasteiger partial charge in [-0.15, -0.1) is 6.58 Å². The maximum atomic E-state index is 15.2. The molecule has 6 rings (SSSR count). The van der Waals surface area contributed by atoms with E-state index in [1.165, 1.54) is 16.5 Å². The number of rotatable bonds is 15. The third kappa shape index (κ3) is 11.6. The van der Waals surface area contributed by atoms with Gasteiger partial charge in [0.2, 0.25) is 17.6 Å². The van der Waals surface area contributed by atoms with Gasteiger partial charge >= 0.3 is 12.1 Å². The lowest BCUT2D eigenvalue weighted by molar-refractivity contribution is -0.144. The summed E-state index contributed by atoms with van der Waals surface area (Å²) in [6.45, 7) is 12.0. The highest BCUT2D eigenvalue weighted by Gasteiger charge is 2.50. The molecule has 0 aromatic heterocycles. The van der Waals surface area contributed by atoms with E-state index in [-0.39, 0.29) is 44.1 Å². The van der Waals surface area contributed by atoms with E-state index in [2.05, 4.69) is 27.8 Å². The van der Waals surface area contributed by atoms with Crippen LogP contribution < -0.4 is 21.3 Å². The van der Waals surface area contributed by atoms with Gasteiger partial charge in [0.1, 0.15) is 24.0 Å². The quantitative estimate of drug-likeness (QED) is 0.129. The van der Waals surface area contributed by atoms with Crippen molar-refractivity contribution in [2.24, 2.45) is 16.7 Å². The van der Waals surface area contributed by atoms with Crippen molar-refractivity contribution in [1.82, 2.24) is 31.1 Å². The SMILES string of the molecule is C=CCNC(=O)C(=O)C(CC1CC1)NC(=O)[C@@H]1C[C@@H](OC(=O)N2CCc3ccccc3C2)CN1C(=O)[C@@H](NC(=O)NC1(CC(=O)C(C)(C)C)CCCCC1)C1(C)CCCCC1. The second-order valence-corrected chi connectivity index (χ2v) is 19.7. The molecule has 3 aliphatic carbocycles. The predicted octanol–water partition coefficient (Wildman–Crippen LogP) is 5.65. The molecular formula is C47H68N6O8. The summed E-state index contributed by atoms with van der Waals surface area (Å²) in [5.74, 6) is -2.50. The lowest BCUT2D eigenvalue weighted by Crippen LogP contribution is -2.63. The minimum absolute atomic E-state index is 0.0333. The minimum atomic E-state index is -1.16. The Labute approximate surface area is 361 Å². The van der Waals surface area contributed by atoms with Crippen molar-refractivity contribution in [3.63, 3.8) is 0 Å². The molecule has 14 nitrogen and oxygen atoms in total. The minimum Gasteiger partial charge on any atom is -0.444 e. The van der Waals surface area contributed by atoms with Crippen LogP contribution in [0.1, 0.15) is 135 Å². The van der Waals surface area contributed by atoms with Gasteiger partial charge in [-0.05, 0) is 61.0 Å². The number of ketones is 2. The van der Waals surface area contributed by atoms with E-state index in [9.17, 15) is 28.8 Å². The molecule has 14 heteroatoms. The number of carbonyl (C=O) groups is 7. The summed E-state index contributed by atoms with van der Waals surface area (Å²) in [4.78, 5) is 100. The molecule has 3 saturated carbocycles. The Balaban J connectivity index is 1.26. The lowest BCUT2D eigenvalue weighted by Gasteiger charge is -2.44. The largest absolute Gasteiger partial charge is 0.444 e. The number of hydrogen-bond acceptors (Lipinski definition) is 8. The first-order chi connectivity index (χ1) is 29.0. The molecule has 1 aromatic carbocycles. The maximum absolute atomic E-state index is 15.2. The molecule has 61 heavy (non-hydrogen) atoms. The Hall–Kier alpha value is -4.75. The Morgan fingerprint density at radius 2 is 1.57 bits per heavy atom. The van der Waals surface area contributed by atoms with E-state index in [4.69, 9.17) is 4.74 Å². The van der Waals surface area contributed by atoms with Crippen LogP contribution >= 0.6 is 0 Å². The van der Waals surface area contributed by atoms with E-state index in [0.717, 1.165) is 56.9 Å². The molecule has 1 unspecified atom stereocenters. The molecule has 0 radical (unpaired) electrons. The smallest absolute Gasteiger partial charge is 0.410 e. The van der Waals surface area contributed by atoms with Crippen LogP contribution in [-0.4, -0.2) is 101 Å². The average Bonchev–Trinajstić information content (AvgIpc) is 3.96. The Bertz CT molecular complexity index is 1820. The third-order valence-corrected chi connectivity index (χ3v) is 13.8. The van der Waals surface area contributed by atoms with Gasteiger partial charge in [0.05, 0.1) is 12.6 Å². The van der Waals surface area contributed by atoms with E-state index < -0.39 is 76.2 Å². The molecule has 0 spiro atoms. The van der Waals surface area contributed by atoms with Crippen LogP contribution in [0.2, 0.25) is 0 Å². The zero-order valence-corrected chi connectivity index (χ0v) is 36.8. The number of amides is 6. The van der Waals surface area contributed by atoms with Crippen LogP contribution in [0.3, 0.4) is 0 Å². The van der Waals surface area contributed by atoms with E-state index in [1.807, 2.05) is 52.0 Å². The van der Waals surface area contributed by atoms with Crippen LogP contribution in [0.15, 0.2) is 36.9 Å². The second-order valence-electron chi connectivity index (χ2n) is 19.7. The van der Waals surface area contributed by atoms with Gasteiger partial charge < -0.3 is 35.8 Å². The van der Waals surface area contributed by atoms with Crippen molar-refractivity contribution < 1.29 is 38.3 Å². The van der Waals surface area contributed by atoms with Crippen molar-refractivity contribution in [2.75, 3.05) is 19.6 Å². The number of ether oxygens (including phenoxy) is 1. The molecule has 6 amide bonds. The zero-order valence-electron chi connectivity index (χ0n) is 36.8. The Kier molecular flexibility index (Phi) is 14.7. The molecule has 2 heterocycles. The van der Waals surface area contributed by atoms with Crippen molar-refractivity contribution in [2.45, 2.75) is 167 Å². The number of fused-ring (bicyclic) bond motifs is 1. The number of benzene rings is 1. The first-order valence-electron chi connectivity index (χ1n) is 22.7. The first-order valence-corrected chi connectivity index (χ1v) is 22.7. The molecule has 5 aliphatic rings. The number of likely N-dealkylation sites (tertiary alicyclic amines) is 1. The van der Waals surface area contributed by atoms with E-state index in [0.29, 0.717) is 45.2 Å². The molecule has 4 N–H and O–H groups in total. The van der Waals surface area contributed by atoms with E-state index >= 15 is 4.79 Å². The maximum Gasteiger partial charge on any atom is 0.410 e. The fraction of sp³-hybridized carbons (Fsp3) is 0.681. The van der Waals surface area contributed by atoms with Crippen molar-refractivity contribution >= 4 is 41.4 Å². The number of Topliss-reactive ketones (excluding diaryl/α,β-unsaturated/α-hetero) is 2. The molecule has 1 aromatic rings. The van der Waals surface area contributed by atoms with Crippen molar-refractivity contribution in [3.8, 4) is 0 Å². The number of hydrogen-bond donors (Lipinski definition) is 4. The van der Waals surface area contributed by atoms with Gasteiger partial charge in [-0.3, -0.25) is 24.0 Å².